The molecule has 2 aliphatic rings. The van der Waals surface area contributed by atoms with Crippen molar-refractivity contribution in [3.05, 3.63) is 15.6 Å². The number of ketones is 1. The molecule has 1 aliphatic heterocycles. The van der Waals surface area contributed by atoms with Gasteiger partial charge in [0.1, 0.15) is 5.01 Å². The molecule has 0 radical (unpaired) electrons. The van der Waals surface area contributed by atoms with E-state index in [0.717, 1.165) is 48.1 Å². The monoisotopic (exact) mass is 279 g/mol. The Balaban J connectivity index is 1.90. The van der Waals surface area contributed by atoms with Gasteiger partial charge in [0.05, 0.1) is 16.6 Å². The summed E-state index contributed by atoms with van der Waals surface area (Å²) < 4.78 is 0. The number of nitrogens with zero attached hydrogens (tertiary/aromatic N) is 3. The molecule has 2 heterocycles. The number of hydrogen-bond acceptors (Lipinski definition) is 5. The second kappa shape index (κ2) is 5.31. The number of aromatic nitrogens is 1. The van der Waals surface area contributed by atoms with Gasteiger partial charge in [-0.05, 0) is 46.4 Å². The maximum atomic E-state index is 11.9. The third kappa shape index (κ3) is 2.59. The second-order valence-corrected chi connectivity index (χ2v) is 6.75. The predicted octanol–water partition coefficient (Wildman–Crippen LogP) is 1.97. The molecule has 19 heavy (non-hydrogen) atoms. The number of hydrogen-bond donors (Lipinski definition) is 0. The molecule has 1 saturated heterocycles. The summed E-state index contributed by atoms with van der Waals surface area (Å²) in [6, 6.07) is 0.343. The summed E-state index contributed by atoms with van der Waals surface area (Å²) in [6.45, 7) is 3.26. The zero-order valence-corrected chi connectivity index (χ0v) is 12.5. The van der Waals surface area contributed by atoms with Crippen LogP contribution in [0.5, 0.6) is 0 Å². The van der Waals surface area contributed by atoms with Crippen LogP contribution in [0.4, 0.5) is 0 Å². The summed E-state index contributed by atoms with van der Waals surface area (Å²) in [4.78, 5) is 22.4. The van der Waals surface area contributed by atoms with Gasteiger partial charge in [-0.2, -0.15) is 0 Å². The van der Waals surface area contributed by atoms with Gasteiger partial charge < -0.3 is 4.90 Å². The molecule has 3 rings (SSSR count). The molecule has 0 N–H and O–H groups in total. The van der Waals surface area contributed by atoms with E-state index in [1.165, 1.54) is 6.42 Å². The Labute approximate surface area is 118 Å². The zero-order valence-electron chi connectivity index (χ0n) is 11.7. The Morgan fingerprint density at radius 3 is 2.84 bits per heavy atom. The molecule has 1 atom stereocenters. The molecule has 1 unspecified atom stereocenters. The molecule has 4 nitrogen and oxygen atoms in total. The molecule has 1 fully saturated rings. The van der Waals surface area contributed by atoms with E-state index in [9.17, 15) is 4.79 Å². The summed E-state index contributed by atoms with van der Waals surface area (Å²) in [5.74, 6) is 0.301. The first-order valence-electron chi connectivity index (χ1n) is 7.06. The number of carbonyl (C=O) groups is 1. The molecular weight excluding hydrogens is 258 g/mol. The van der Waals surface area contributed by atoms with E-state index in [1.54, 1.807) is 11.3 Å². The van der Waals surface area contributed by atoms with E-state index < -0.39 is 0 Å². The fraction of sp³-hybridized carbons (Fsp3) is 0.714. The summed E-state index contributed by atoms with van der Waals surface area (Å²) in [7, 11) is 4.34. The lowest BCUT2D eigenvalue weighted by molar-refractivity contribution is 0.0976. The molecule has 104 valence electrons. The van der Waals surface area contributed by atoms with Gasteiger partial charge in [-0.3, -0.25) is 9.69 Å². The number of Topliss-reactive ketones (excluding diaryl/α,β-unsaturated/α-hetero) is 1. The molecule has 0 bridgehead atoms. The Bertz CT molecular complexity index is 485. The minimum absolute atomic E-state index is 0.301. The maximum Gasteiger partial charge on any atom is 0.174 e. The normalized spacial score (nSPS) is 26.2. The third-order valence-electron chi connectivity index (χ3n) is 4.14. The molecular formula is C14H21N3OS. The van der Waals surface area contributed by atoms with E-state index in [2.05, 4.69) is 23.9 Å². The minimum atomic E-state index is 0.301. The quantitative estimate of drug-likeness (QED) is 0.787. The Hall–Kier alpha value is -0.780. The van der Waals surface area contributed by atoms with Crippen molar-refractivity contribution < 1.29 is 4.79 Å². The lowest BCUT2D eigenvalue weighted by Gasteiger charge is -2.25. The highest BCUT2D eigenvalue weighted by Crippen LogP contribution is 2.32. The zero-order chi connectivity index (χ0) is 13.4. The summed E-state index contributed by atoms with van der Waals surface area (Å²) in [6.07, 6.45) is 3.85. The number of likely N-dealkylation sites (N-methyl/N-ethyl adjacent to an activating group) is 2. The van der Waals surface area contributed by atoms with Crippen LogP contribution < -0.4 is 0 Å². The fourth-order valence-electron chi connectivity index (χ4n) is 2.97. The summed E-state index contributed by atoms with van der Waals surface area (Å²) >= 11 is 1.64. The first-order valence-corrected chi connectivity index (χ1v) is 7.88. The SMILES string of the molecule is CN1CCCN(C)C(c2nc3c(s2)C(=O)CCC3)C1. The van der Waals surface area contributed by atoms with Gasteiger partial charge in [-0.1, -0.05) is 0 Å². The molecule has 1 aromatic rings. The van der Waals surface area contributed by atoms with Crippen molar-refractivity contribution in [2.24, 2.45) is 0 Å². The number of thiazole rings is 1. The van der Waals surface area contributed by atoms with Gasteiger partial charge in [-0.15, -0.1) is 11.3 Å². The largest absolute Gasteiger partial charge is 0.304 e. The molecule has 1 aliphatic carbocycles. The van der Waals surface area contributed by atoms with E-state index in [0.29, 0.717) is 18.2 Å². The van der Waals surface area contributed by atoms with Crippen LogP contribution in [-0.2, 0) is 6.42 Å². The standard InChI is InChI=1S/C14H21N3OS/c1-16-7-4-8-17(2)11(9-16)14-15-10-5-3-6-12(18)13(10)19-14/h11H,3-9H2,1-2H3. The van der Waals surface area contributed by atoms with Gasteiger partial charge in [-0.25, -0.2) is 4.98 Å². The van der Waals surface area contributed by atoms with Gasteiger partial charge in [0.2, 0.25) is 0 Å². The third-order valence-corrected chi connectivity index (χ3v) is 5.38. The van der Waals surface area contributed by atoms with Crippen molar-refractivity contribution in [2.45, 2.75) is 31.7 Å². The number of rotatable bonds is 1. The van der Waals surface area contributed by atoms with Crippen molar-refractivity contribution >= 4 is 17.1 Å². The van der Waals surface area contributed by atoms with Gasteiger partial charge in [0, 0.05) is 13.0 Å². The highest BCUT2D eigenvalue weighted by atomic mass is 32.1. The molecule has 0 spiro atoms. The average Bonchev–Trinajstić information content (AvgIpc) is 2.73. The van der Waals surface area contributed by atoms with Crippen LogP contribution in [0.15, 0.2) is 0 Å². The minimum Gasteiger partial charge on any atom is -0.304 e. The average molecular weight is 279 g/mol. The molecule has 1 aromatic heterocycles. The van der Waals surface area contributed by atoms with Crippen molar-refractivity contribution in [3.63, 3.8) is 0 Å². The highest BCUT2D eigenvalue weighted by molar-refractivity contribution is 7.14. The number of carbonyl (C=O) groups excluding carboxylic acids is 1. The maximum absolute atomic E-state index is 11.9. The molecule has 0 saturated carbocycles. The summed E-state index contributed by atoms with van der Waals surface area (Å²) in [5, 5.41) is 1.14. The number of fused-ring (bicyclic) bond motifs is 1. The van der Waals surface area contributed by atoms with E-state index >= 15 is 0 Å². The lowest BCUT2D eigenvalue weighted by atomic mass is 10.0. The van der Waals surface area contributed by atoms with Gasteiger partial charge >= 0.3 is 0 Å². The van der Waals surface area contributed by atoms with E-state index in [-0.39, 0.29) is 0 Å². The Morgan fingerprint density at radius 1 is 1.21 bits per heavy atom. The second-order valence-electron chi connectivity index (χ2n) is 5.72. The lowest BCUT2D eigenvalue weighted by Crippen LogP contribution is -2.30. The topological polar surface area (TPSA) is 36.4 Å². The van der Waals surface area contributed by atoms with Gasteiger partial charge in [0.15, 0.2) is 5.78 Å². The van der Waals surface area contributed by atoms with Crippen LogP contribution in [-0.4, -0.2) is 54.3 Å². The Kier molecular flexibility index (Phi) is 3.69. The summed E-state index contributed by atoms with van der Waals surface area (Å²) in [5.41, 5.74) is 1.05. The van der Waals surface area contributed by atoms with Crippen LogP contribution >= 0.6 is 11.3 Å². The van der Waals surface area contributed by atoms with Crippen LogP contribution in [0.2, 0.25) is 0 Å². The van der Waals surface area contributed by atoms with E-state index in [1.807, 2.05) is 0 Å². The Morgan fingerprint density at radius 2 is 2.05 bits per heavy atom. The van der Waals surface area contributed by atoms with Crippen molar-refractivity contribution in [1.29, 1.82) is 0 Å². The van der Waals surface area contributed by atoms with Crippen LogP contribution in [0.3, 0.4) is 0 Å². The molecule has 0 amide bonds. The van der Waals surface area contributed by atoms with Crippen molar-refractivity contribution in [1.82, 2.24) is 14.8 Å². The predicted molar refractivity (Wildman–Crippen MR) is 76.9 cm³/mol. The van der Waals surface area contributed by atoms with Crippen LogP contribution in [0, 0.1) is 0 Å². The fourth-order valence-corrected chi connectivity index (χ4v) is 4.21. The van der Waals surface area contributed by atoms with Crippen molar-refractivity contribution in [3.8, 4) is 0 Å². The first kappa shape index (κ1) is 13.2. The first-order chi connectivity index (χ1) is 9.15. The highest BCUT2D eigenvalue weighted by Gasteiger charge is 2.29. The van der Waals surface area contributed by atoms with Crippen LogP contribution in [0.1, 0.15) is 45.7 Å². The van der Waals surface area contributed by atoms with Crippen molar-refractivity contribution in [2.75, 3.05) is 33.7 Å². The molecule has 0 aromatic carbocycles. The van der Waals surface area contributed by atoms with Crippen LogP contribution in [0.25, 0.3) is 0 Å². The van der Waals surface area contributed by atoms with Gasteiger partial charge in [0.25, 0.3) is 0 Å². The number of aryl methyl sites for hydroxylation is 1. The molecule has 5 heteroatoms. The van der Waals surface area contributed by atoms with E-state index in [4.69, 9.17) is 4.98 Å². The smallest absolute Gasteiger partial charge is 0.174 e.